The number of halogens is 1. The average molecular weight is 275 g/mol. The molecule has 4 heteroatoms. The number of allylic oxidation sites excluding steroid dienone is 1. The Morgan fingerprint density at radius 2 is 2.00 bits per heavy atom. The van der Waals surface area contributed by atoms with E-state index in [1.165, 1.54) is 5.57 Å². The second kappa shape index (κ2) is 4.39. The summed E-state index contributed by atoms with van der Waals surface area (Å²) in [6.45, 7) is 4.03. The van der Waals surface area contributed by atoms with Crippen molar-refractivity contribution in [1.29, 1.82) is 0 Å². The van der Waals surface area contributed by atoms with Gasteiger partial charge >= 0.3 is 0 Å². The third kappa shape index (κ3) is 3.17. The highest BCUT2D eigenvalue weighted by Crippen LogP contribution is 2.02. The molecule has 0 aromatic carbocycles. The highest BCUT2D eigenvalue weighted by atomic mass is 127. The fourth-order valence-electron chi connectivity index (χ4n) is 0.596. The van der Waals surface area contributed by atoms with E-state index in [9.17, 15) is 0 Å². The van der Waals surface area contributed by atoms with Crippen molar-refractivity contribution in [2.45, 2.75) is 13.8 Å². The summed E-state index contributed by atoms with van der Waals surface area (Å²) < 4.78 is 1.04. The van der Waals surface area contributed by atoms with Crippen molar-refractivity contribution in [3.8, 4) is 0 Å². The van der Waals surface area contributed by atoms with Crippen molar-refractivity contribution in [1.82, 2.24) is 9.97 Å². The third-order valence-corrected chi connectivity index (χ3v) is 1.67. The first-order valence-electron chi connectivity index (χ1n) is 3.56. The summed E-state index contributed by atoms with van der Waals surface area (Å²) in [6.07, 6.45) is 5.42. The van der Waals surface area contributed by atoms with E-state index in [0.29, 0.717) is 5.95 Å². The second-order valence-electron chi connectivity index (χ2n) is 2.59. The van der Waals surface area contributed by atoms with Gasteiger partial charge in [-0.25, -0.2) is 9.97 Å². The van der Waals surface area contributed by atoms with Gasteiger partial charge in [0.15, 0.2) is 0 Å². The average Bonchev–Trinajstić information content (AvgIpc) is 2.03. The number of hydrogen-bond acceptors (Lipinski definition) is 3. The van der Waals surface area contributed by atoms with Crippen molar-refractivity contribution in [2.75, 3.05) is 5.32 Å². The fraction of sp³-hybridized carbons (Fsp3) is 0.250. The Hall–Kier alpha value is -0.650. The fourth-order valence-corrected chi connectivity index (χ4v) is 0.874. The predicted molar refractivity (Wildman–Crippen MR) is 57.8 cm³/mol. The first-order chi connectivity index (χ1) is 5.68. The molecule has 1 aromatic heterocycles. The second-order valence-corrected chi connectivity index (χ2v) is 3.84. The van der Waals surface area contributed by atoms with E-state index in [4.69, 9.17) is 0 Å². The third-order valence-electron chi connectivity index (χ3n) is 1.11. The van der Waals surface area contributed by atoms with Crippen molar-refractivity contribution >= 4 is 28.5 Å². The standard InChI is InChI=1S/C8H10IN3/c1-6(2)3-10-8-11-4-7(9)5-12-8/h3-5H,1-2H3,(H,10,11,12). The van der Waals surface area contributed by atoms with Gasteiger partial charge in [-0.3, -0.25) is 0 Å². The molecule has 0 amide bonds. The van der Waals surface area contributed by atoms with Crippen molar-refractivity contribution in [3.05, 3.63) is 27.7 Å². The Labute approximate surface area is 85.5 Å². The molecule has 1 rings (SSSR count). The van der Waals surface area contributed by atoms with Gasteiger partial charge in [-0.15, -0.1) is 0 Å². The van der Waals surface area contributed by atoms with Gasteiger partial charge in [0, 0.05) is 22.2 Å². The van der Waals surface area contributed by atoms with Gasteiger partial charge in [-0.1, -0.05) is 5.57 Å². The van der Waals surface area contributed by atoms with E-state index in [1.54, 1.807) is 12.4 Å². The maximum atomic E-state index is 4.08. The SMILES string of the molecule is CC(C)=CNc1ncc(I)cn1. The van der Waals surface area contributed by atoms with Crippen LogP contribution in [-0.2, 0) is 0 Å². The lowest BCUT2D eigenvalue weighted by Gasteiger charge is -1.98. The topological polar surface area (TPSA) is 37.8 Å². The molecule has 0 saturated heterocycles. The van der Waals surface area contributed by atoms with Crippen LogP contribution in [0.25, 0.3) is 0 Å². The number of aromatic nitrogens is 2. The van der Waals surface area contributed by atoms with E-state index >= 15 is 0 Å². The van der Waals surface area contributed by atoms with Crippen LogP contribution >= 0.6 is 22.6 Å². The Morgan fingerprint density at radius 3 is 2.50 bits per heavy atom. The van der Waals surface area contributed by atoms with Gasteiger partial charge < -0.3 is 5.32 Å². The first kappa shape index (κ1) is 9.44. The van der Waals surface area contributed by atoms with Crippen LogP contribution in [0.2, 0.25) is 0 Å². The molecule has 1 heterocycles. The molecule has 3 nitrogen and oxygen atoms in total. The van der Waals surface area contributed by atoms with Crippen LogP contribution in [0.3, 0.4) is 0 Å². The quantitative estimate of drug-likeness (QED) is 0.842. The molecule has 0 aliphatic heterocycles. The molecule has 0 radical (unpaired) electrons. The molecule has 0 atom stereocenters. The molecule has 0 spiro atoms. The molecule has 64 valence electrons. The van der Waals surface area contributed by atoms with E-state index in [1.807, 2.05) is 20.0 Å². The molecule has 0 bridgehead atoms. The Kier molecular flexibility index (Phi) is 3.46. The molecule has 0 fully saturated rings. The summed E-state index contributed by atoms with van der Waals surface area (Å²) in [7, 11) is 0. The lowest BCUT2D eigenvalue weighted by molar-refractivity contribution is 1.14. The zero-order chi connectivity index (χ0) is 8.97. The molecule has 0 aliphatic carbocycles. The molecule has 1 aromatic rings. The molecular weight excluding hydrogens is 265 g/mol. The van der Waals surface area contributed by atoms with Crippen LogP contribution in [0, 0.1) is 3.57 Å². The van der Waals surface area contributed by atoms with Crippen LogP contribution in [0.4, 0.5) is 5.95 Å². The zero-order valence-electron chi connectivity index (χ0n) is 7.00. The summed E-state index contributed by atoms with van der Waals surface area (Å²) in [4.78, 5) is 8.15. The van der Waals surface area contributed by atoms with E-state index < -0.39 is 0 Å². The summed E-state index contributed by atoms with van der Waals surface area (Å²) in [5.74, 6) is 0.636. The van der Waals surface area contributed by atoms with Gasteiger partial charge in [0.1, 0.15) is 0 Å². The summed E-state index contributed by atoms with van der Waals surface area (Å²) in [5, 5.41) is 2.98. The molecule has 0 unspecified atom stereocenters. The zero-order valence-corrected chi connectivity index (χ0v) is 9.16. The summed E-state index contributed by atoms with van der Waals surface area (Å²) >= 11 is 2.17. The molecule has 0 aliphatic rings. The first-order valence-corrected chi connectivity index (χ1v) is 4.64. The maximum absolute atomic E-state index is 4.08. The van der Waals surface area contributed by atoms with Crippen molar-refractivity contribution < 1.29 is 0 Å². The van der Waals surface area contributed by atoms with Gasteiger partial charge in [-0.05, 0) is 36.4 Å². The summed E-state index contributed by atoms with van der Waals surface area (Å²) in [6, 6.07) is 0. The molecule has 12 heavy (non-hydrogen) atoms. The Bertz CT molecular complexity index is 275. The van der Waals surface area contributed by atoms with Gasteiger partial charge in [0.25, 0.3) is 0 Å². The van der Waals surface area contributed by atoms with Crippen molar-refractivity contribution in [3.63, 3.8) is 0 Å². The number of nitrogens with zero attached hydrogens (tertiary/aromatic N) is 2. The monoisotopic (exact) mass is 275 g/mol. The smallest absolute Gasteiger partial charge is 0.226 e. The van der Waals surface area contributed by atoms with Crippen molar-refractivity contribution in [2.24, 2.45) is 0 Å². The predicted octanol–water partition coefficient (Wildman–Crippen LogP) is 2.42. The van der Waals surface area contributed by atoms with Crippen LogP contribution in [0.15, 0.2) is 24.2 Å². The van der Waals surface area contributed by atoms with Crippen LogP contribution < -0.4 is 5.32 Å². The minimum Gasteiger partial charge on any atom is -0.331 e. The molecule has 0 saturated carbocycles. The highest BCUT2D eigenvalue weighted by Gasteiger charge is 1.90. The van der Waals surface area contributed by atoms with E-state index in [2.05, 4.69) is 37.9 Å². The number of hydrogen-bond donors (Lipinski definition) is 1. The largest absolute Gasteiger partial charge is 0.331 e. The van der Waals surface area contributed by atoms with Crippen LogP contribution in [-0.4, -0.2) is 9.97 Å². The van der Waals surface area contributed by atoms with Crippen LogP contribution in [0.5, 0.6) is 0 Å². The summed E-state index contributed by atoms with van der Waals surface area (Å²) in [5.41, 5.74) is 1.19. The number of anilines is 1. The van der Waals surface area contributed by atoms with Crippen LogP contribution in [0.1, 0.15) is 13.8 Å². The normalized spacial score (nSPS) is 9.25. The lowest BCUT2D eigenvalue weighted by Crippen LogP contribution is -1.95. The van der Waals surface area contributed by atoms with Gasteiger partial charge in [0.2, 0.25) is 5.95 Å². The van der Waals surface area contributed by atoms with Gasteiger partial charge in [-0.2, -0.15) is 0 Å². The Morgan fingerprint density at radius 1 is 1.42 bits per heavy atom. The number of rotatable bonds is 2. The van der Waals surface area contributed by atoms with Gasteiger partial charge in [0.05, 0.1) is 0 Å². The minimum atomic E-state index is 0.636. The minimum absolute atomic E-state index is 0.636. The maximum Gasteiger partial charge on any atom is 0.226 e. The highest BCUT2D eigenvalue weighted by molar-refractivity contribution is 14.1. The molecular formula is C8H10IN3. The number of nitrogens with one attached hydrogen (secondary N) is 1. The van der Waals surface area contributed by atoms with E-state index in [0.717, 1.165) is 3.57 Å². The lowest BCUT2D eigenvalue weighted by atomic mass is 10.4. The van der Waals surface area contributed by atoms with E-state index in [-0.39, 0.29) is 0 Å². The Balaban J connectivity index is 2.65. The molecule has 1 N–H and O–H groups in total.